The number of nitrogens with one attached hydrogen (secondary N) is 1. The SMILES string of the molecule is COc1cc(C(=O)N2CC3CCC2C3N)cc2nc(-c3cc4ccc(-c5cccc(NS(C)(=O)=O)c5)nc4n3CC3CC3)n(C)c12. The second kappa shape index (κ2) is 10.6. The fourth-order valence-corrected chi connectivity index (χ4v) is 7.99. The summed E-state index contributed by atoms with van der Waals surface area (Å²) >= 11 is 0. The lowest BCUT2D eigenvalue weighted by Crippen LogP contribution is -2.41. The molecular formula is C34H37N7O4S. The number of aryl methyl sites for hydroxylation is 1. The van der Waals surface area contributed by atoms with Crippen molar-refractivity contribution in [3.05, 3.63) is 60.2 Å². The molecule has 8 rings (SSSR count). The molecule has 2 bridgehead atoms. The minimum atomic E-state index is -3.41. The van der Waals surface area contributed by atoms with Gasteiger partial charge in [-0.1, -0.05) is 12.1 Å². The summed E-state index contributed by atoms with van der Waals surface area (Å²) in [5, 5.41) is 0.986. The van der Waals surface area contributed by atoms with Gasteiger partial charge in [0.1, 0.15) is 16.9 Å². The lowest BCUT2D eigenvalue weighted by Gasteiger charge is -2.27. The third-order valence-electron chi connectivity index (χ3n) is 9.89. The number of methoxy groups -OCH3 is 1. The molecule has 2 aliphatic carbocycles. The van der Waals surface area contributed by atoms with Gasteiger partial charge in [0.25, 0.3) is 5.91 Å². The number of amides is 1. The summed E-state index contributed by atoms with van der Waals surface area (Å²) in [6.45, 7) is 1.51. The van der Waals surface area contributed by atoms with Crippen molar-refractivity contribution in [2.75, 3.05) is 24.6 Å². The predicted molar refractivity (Wildman–Crippen MR) is 178 cm³/mol. The van der Waals surface area contributed by atoms with Crippen LogP contribution < -0.4 is 15.2 Å². The number of benzene rings is 2. The Morgan fingerprint density at radius 1 is 1.07 bits per heavy atom. The van der Waals surface area contributed by atoms with Gasteiger partial charge < -0.3 is 24.5 Å². The monoisotopic (exact) mass is 639 g/mol. The van der Waals surface area contributed by atoms with E-state index in [0.717, 1.165) is 65.0 Å². The van der Waals surface area contributed by atoms with E-state index in [0.29, 0.717) is 40.9 Å². The normalized spacial score (nSPS) is 21.0. The number of hydrogen-bond acceptors (Lipinski definition) is 7. The Balaban J connectivity index is 1.22. The van der Waals surface area contributed by atoms with Crippen molar-refractivity contribution in [3.8, 4) is 28.5 Å². The van der Waals surface area contributed by atoms with E-state index in [1.807, 2.05) is 46.8 Å². The van der Waals surface area contributed by atoms with Crippen molar-refractivity contribution in [1.82, 2.24) is 24.0 Å². The Kier molecular flexibility index (Phi) is 6.66. The Morgan fingerprint density at radius 2 is 1.89 bits per heavy atom. The number of hydrogen-bond donors (Lipinski definition) is 2. The number of sulfonamides is 1. The number of carbonyl (C=O) groups excluding carboxylic acids is 1. The lowest BCUT2D eigenvalue weighted by atomic mass is 10.1. The quantitative estimate of drug-likeness (QED) is 0.253. The number of rotatable bonds is 8. The molecule has 1 aliphatic heterocycles. The molecule has 3 unspecified atom stereocenters. The largest absolute Gasteiger partial charge is 0.494 e. The molecule has 1 amide bonds. The molecule has 2 aromatic carbocycles. The van der Waals surface area contributed by atoms with E-state index in [1.54, 1.807) is 19.2 Å². The molecule has 0 radical (unpaired) electrons. The third kappa shape index (κ3) is 4.91. The van der Waals surface area contributed by atoms with Crippen LogP contribution in [0.4, 0.5) is 5.69 Å². The van der Waals surface area contributed by atoms with Crippen molar-refractivity contribution in [1.29, 1.82) is 0 Å². The van der Waals surface area contributed by atoms with Crippen LogP contribution in [0.3, 0.4) is 0 Å². The summed E-state index contributed by atoms with van der Waals surface area (Å²) in [5.41, 5.74) is 12.3. The first-order valence-corrected chi connectivity index (χ1v) is 17.7. The highest BCUT2D eigenvalue weighted by molar-refractivity contribution is 7.92. The number of ether oxygens (including phenoxy) is 1. The van der Waals surface area contributed by atoms with Gasteiger partial charge in [0.05, 0.1) is 30.3 Å². The van der Waals surface area contributed by atoms with E-state index in [4.69, 9.17) is 20.4 Å². The second-order valence-corrected chi connectivity index (χ2v) is 14.9. The number of piperidine rings is 1. The van der Waals surface area contributed by atoms with Gasteiger partial charge in [-0.2, -0.15) is 0 Å². The fraction of sp³-hybridized carbons (Fsp3) is 0.382. The summed E-state index contributed by atoms with van der Waals surface area (Å²) in [7, 11) is 0.195. The first-order chi connectivity index (χ1) is 22.1. The molecule has 3 N–H and O–H groups in total. The fourth-order valence-electron chi connectivity index (χ4n) is 7.44. The van der Waals surface area contributed by atoms with Crippen LogP contribution in [0.15, 0.2) is 54.6 Å². The number of imidazole rings is 1. The number of fused-ring (bicyclic) bond motifs is 4. The van der Waals surface area contributed by atoms with E-state index in [2.05, 4.69) is 21.4 Å². The summed E-state index contributed by atoms with van der Waals surface area (Å²) in [6, 6.07) is 17.2. The minimum Gasteiger partial charge on any atom is -0.494 e. The minimum absolute atomic E-state index is 0.0227. The third-order valence-corrected chi connectivity index (χ3v) is 10.5. The Morgan fingerprint density at radius 3 is 2.59 bits per heavy atom. The molecular weight excluding hydrogens is 602 g/mol. The number of aromatic nitrogens is 4. The van der Waals surface area contributed by atoms with E-state index in [-0.39, 0.29) is 18.0 Å². The van der Waals surface area contributed by atoms with E-state index >= 15 is 0 Å². The van der Waals surface area contributed by atoms with Gasteiger partial charge in [-0.25, -0.2) is 18.4 Å². The highest BCUT2D eigenvalue weighted by Crippen LogP contribution is 2.40. The molecule has 0 spiro atoms. The molecule has 4 heterocycles. The predicted octanol–water partition coefficient (Wildman–Crippen LogP) is 4.61. The van der Waals surface area contributed by atoms with Crippen LogP contribution in [0.2, 0.25) is 0 Å². The van der Waals surface area contributed by atoms with E-state index in [1.165, 1.54) is 12.8 Å². The number of nitrogens with zero attached hydrogens (tertiary/aromatic N) is 5. The van der Waals surface area contributed by atoms with Crippen molar-refractivity contribution < 1.29 is 17.9 Å². The summed E-state index contributed by atoms with van der Waals surface area (Å²) in [4.78, 5) is 25.9. The molecule has 11 nitrogen and oxygen atoms in total. The number of carbonyl (C=O) groups is 1. The highest BCUT2D eigenvalue weighted by Gasteiger charge is 2.47. The molecule has 3 fully saturated rings. The number of anilines is 1. The lowest BCUT2D eigenvalue weighted by molar-refractivity contribution is 0.0700. The van der Waals surface area contributed by atoms with Crippen molar-refractivity contribution in [2.45, 2.75) is 44.3 Å². The van der Waals surface area contributed by atoms with Gasteiger partial charge in [0.2, 0.25) is 10.0 Å². The zero-order chi connectivity index (χ0) is 31.9. The van der Waals surface area contributed by atoms with Gasteiger partial charge >= 0.3 is 0 Å². The zero-order valence-corrected chi connectivity index (χ0v) is 26.9. The summed E-state index contributed by atoms with van der Waals surface area (Å²) in [5.74, 6) is 2.28. The first kappa shape index (κ1) is 29.0. The Labute approximate surface area is 267 Å². The van der Waals surface area contributed by atoms with Gasteiger partial charge in [-0.3, -0.25) is 9.52 Å². The first-order valence-electron chi connectivity index (χ1n) is 15.8. The average molecular weight is 640 g/mol. The van der Waals surface area contributed by atoms with E-state index < -0.39 is 10.0 Å². The number of likely N-dealkylation sites (tertiary alicyclic amines) is 1. The smallest absolute Gasteiger partial charge is 0.254 e. The van der Waals surface area contributed by atoms with Gasteiger partial charge in [-0.05, 0) is 80.0 Å². The maximum Gasteiger partial charge on any atom is 0.254 e. The maximum absolute atomic E-state index is 13.7. The molecule has 5 aromatic rings. The summed E-state index contributed by atoms with van der Waals surface area (Å²) < 4.78 is 36.3. The zero-order valence-electron chi connectivity index (χ0n) is 26.1. The number of pyridine rings is 1. The molecule has 3 aliphatic rings. The number of nitrogens with two attached hydrogens (primary N) is 1. The van der Waals surface area contributed by atoms with Gasteiger partial charge in [-0.15, -0.1) is 0 Å². The molecule has 1 saturated heterocycles. The van der Waals surface area contributed by atoms with E-state index in [9.17, 15) is 13.2 Å². The van der Waals surface area contributed by atoms with Crippen molar-refractivity contribution in [2.24, 2.45) is 24.6 Å². The van der Waals surface area contributed by atoms with Crippen molar-refractivity contribution >= 4 is 43.7 Å². The molecule has 3 aromatic heterocycles. The van der Waals surface area contributed by atoms with Gasteiger partial charge in [0.15, 0.2) is 5.82 Å². The summed E-state index contributed by atoms with van der Waals surface area (Å²) in [6.07, 6.45) is 5.51. The second-order valence-electron chi connectivity index (χ2n) is 13.1. The van der Waals surface area contributed by atoms with Crippen LogP contribution in [0.25, 0.3) is 44.8 Å². The van der Waals surface area contributed by atoms with Crippen LogP contribution in [-0.2, 0) is 23.6 Å². The van der Waals surface area contributed by atoms with Crippen LogP contribution in [0.1, 0.15) is 36.0 Å². The standard InChI is InChI=1S/C34H37N7O4S/c1-39-31-26(14-23(16-29(31)45-2)34(42)41-18-22-10-12-27(41)30(22)35)37-33(39)28-15-21-9-11-25(36-32(21)40(28)17-19-7-8-19)20-5-4-6-24(13-20)38-46(3,43)44/h4-6,9,11,13-16,19,22,27,30,38H,7-8,10,12,17-18,35H2,1-3H3. The topological polar surface area (TPSA) is 137 Å². The van der Waals surface area contributed by atoms with Crippen LogP contribution in [-0.4, -0.2) is 70.3 Å². The highest BCUT2D eigenvalue weighted by atomic mass is 32.2. The molecule has 238 valence electrons. The van der Waals surface area contributed by atoms with Gasteiger partial charge in [0, 0.05) is 54.4 Å². The molecule has 12 heteroatoms. The van der Waals surface area contributed by atoms with Crippen LogP contribution in [0.5, 0.6) is 5.75 Å². The molecule has 2 saturated carbocycles. The molecule has 46 heavy (non-hydrogen) atoms. The Bertz CT molecular complexity index is 2150. The van der Waals surface area contributed by atoms with Crippen molar-refractivity contribution in [3.63, 3.8) is 0 Å². The van der Waals surface area contributed by atoms with Crippen LogP contribution in [0, 0.1) is 11.8 Å². The van der Waals surface area contributed by atoms with Crippen LogP contribution >= 0.6 is 0 Å². The maximum atomic E-state index is 13.7. The average Bonchev–Trinajstić information content (AvgIpc) is 3.43. The molecule has 3 atom stereocenters. The Hall–Kier alpha value is -4.42.